The zero-order valence-corrected chi connectivity index (χ0v) is 10.3. The monoisotopic (exact) mass is 220 g/mol. The largest absolute Gasteiger partial charge is 0.0769 e. The molecule has 0 N–H and O–H groups in total. The average Bonchev–Trinajstić information content (AvgIpc) is 2.66. The summed E-state index contributed by atoms with van der Waals surface area (Å²) in [7, 11) is 0. The van der Waals surface area contributed by atoms with E-state index in [0.717, 1.165) is 6.42 Å². The minimum atomic E-state index is 1.08. The summed E-state index contributed by atoms with van der Waals surface area (Å²) in [5.74, 6) is 0. The molecule has 0 aliphatic heterocycles. The lowest BCUT2D eigenvalue weighted by atomic mass is 10.0. The van der Waals surface area contributed by atoms with Crippen LogP contribution in [-0.2, 0) is 0 Å². The molecule has 0 bridgehead atoms. The molecule has 0 fully saturated rings. The van der Waals surface area contributed by atoms with Crippen molar-refractivity contribution in [2.24, 2.45) is 0 Å². The summed E-state index contributed by atoms with van der Waals surface area (Å²) in [6.07, 6.45) is 3.40. The maximum Gasteiger partial charge on any atom is -0.00729 e. The highest BCUT2D eigenvalue weighted by atomic mass is 14.2. The molecule has 1 aliphatic carbocycles. The zero-order valence-electron chi connectivity index (χ0n) is 10.3. The first-order valence-corrected chi connectivity index (χ1v) is 6.23. The van der Waals surface area contributed by atoms with Crippen molar-refractivity contribution in [1.29, 1.82) is 0 Å². The van der Waals surface area contributed by atoms with E-state index in [2.05, 4.69) is 62.4 Å². The van der Waals surface area contributed by atoms with Gasteiger partial charge >= 0.3 is 0 Å². The average molecular weight is 220 g/mol. The van der Waals surface area contributed by atoms with Gasteiger partial charge in [-0.2, -0.15) is 0 Å². The minimum absolute atomic E-state index is 1.08. The molecule has 1 aliphatic rings. The maximum atomic E-state index is 2.31. The Bertz CT molecular complexity index is 690. The minimum Gasteiger partial charge on any atom is -0.0769 e. The van der Waals surface area contributed by atoms with Crippen molar-refractivity contribution in [2.75, 3.05) is 0 Å². The zero-order chi connectivity index (χ0) is 11.8. The smallest absolute Gasteiger partial charge is 0.00729 e. The van der Waals surface area contributed by atoms with Gasteiger partial charge in [-0.3, -0.25) is 0 Å². The van der Waals surface area contributed by atoms with Crippen molar-refractivity contribution in [1.82, 2.24) is 0 Å². The SMILES string of the molecule is CC/C=c1/cccc2c1=C(C)c1ccccc1-2. The molecular formula is C17H16. The molecule has 2 aromatic rings. The third-order valence-electron chi connectivity index (χ3n) is 3.52. The molecule has 3 rings (SSSR count). The summed E-state index contributed by atoms with van der Waals surface area (Å²) in [6.45, 7) is 4.43. The van der Waals surface area contributed by atoms with Crippen LogP contribution in [0.15, 0.2) is 42.5 Å². The van der Waals surface area contributed by atoms with E-state index in [4.69, 9.17) is 0 Å². The van der Waals surface area contributed by atoms with Gasteiger partial charge in [-0.1, -0.05) is 55.5 Å². The number of fused-ring (bicyclic) bond motifs is 3. The second-order valence-corrected chi connectivity index (χ2v) is 4.55. The predicted molar refractivity (Wildman–Crippen MR) is 74.1 cm³/mol. The van der Waals surface area contributed by atoms with Crippen LogP contribution in [0.1, 0.15) is 25.8 Å². The van der Waals surface area contributed by atoms with E-state index in [1.54, 1.807) is 0 Å². The van der Waals surface area contributed by atoms with Gasteiger partial charge in [-0.15, -0.1) is 0 Å². The lowest BCUT2D eigenvalue weighted by Gasteiger charge is -2.00. The Morgan fingerprint density at radius 3 is 2.35 bits per heavy atom. The van der Waals surface area contributed by atoms with Gasteiger partial charge in [-0.05, 0) is 46.0 Å². The summed E-state index contributed by atoms with van der Waals surface area (Å²) in [5.41, 5.74) is 5.57. The van der Waals surface area contributed by atoms with Crippen LogP contribution in [0.5, 0.6) is 0 Å². The van der Waals surface area contributed by atoms with Crippen LogP contribution in [0.3, 0.4) is 0 Å². The first-order valence-electron chi connectivity index (χ1n) is 6.23. The van der Waals surface area contributed by atoms with Gasteiger partial charge in [0, 0.05) is 0 Å². The van der Waals surface area contributed by atoms with Crippen molar-refractivity contribution in [3.8, 4) is 11.1 Å². The molecule has 0 radical (unpaired) electrons. The predicted octanol–water partition coefficient (Wildman–Crippen LogP) is 3.08. The van der Waals surface area contributed by atoms with E-state index >= 15 is 0 Å². The molecule has 0 atom stereocenters. The van der Waals surface area contributed by atoms with Crippen LogP contribution in [0.2, 0.25) is 0 Å². The Labute approximate surface area is 102 Å². The molecule has 0 saturated carbocycles. The van der Waals surface area contributed by atoms with Crippen LogP contribution in [0.4, 0.5) is 0 Å². The van der Waals surface area contributed by atoms with Crippen molar-refractivity contribution in [3.63, 3.8) is 0 Å². The quantitative estimate of drug-likeness (QED) is 0.693. The number of hydrogen-bond acceptors (Lipinski definition) is 0. The molecule has 0 heteroatoms. The fourth-order valence-corrected chi connectivity index (χ4v) is 2.78. The Morgan fingerprint density at radius 2 is 1.59 bits per heavy atom. The lowest BCUT2D eigenvalue weighted by Crippen LogP contribution is -2.25. The third-order valence-corrected chi connectivity index (χ3v) is 3.52. The van der Waals surface area contributed by atoms with Crippen molar-refractivity contribution < 1.29 is 0 Å². The van der Waals surface area contributed by atoms with Gasteiger partial charge in [-0.25, -0.2) is 0 Å². The highest BCUT2D eigenvalue weighted by Gasteiger charge is 2.15. The Hall–Kier alpha value is -1.82. The normalized spacial score (nSPS) is 13.8. The molecule has 0 amide bonds. The van der Waals surface area contributed by atoms with E-state index < -0.39 is 0 Å². The third kappa shape index (κ3) is 1.44. The summed E-state index contributed by atoms with van der Waals surface area (Å²) in [4.78, 5) is 0. The number of hydrogen-bond donors (Lipinski definition) is 0. The molecule has 84 valence electrons. The number of rotatable bonds is 1. The highest BCUT2D eigenvalue weighted by molar-refractivity contribution is 5.88. The van der Waals surface area contributed by atoms with Crippen LogP contribution in [0.25, 0.3) is 22.8 Å². The van der Waals surface area contributed by atoms with Crippen molar-refractivity contribution >= 4 is 11.6 Å². The highest BCUT2D eigenvalue weighted by Crippen LogP contribution is 2.29. The Kier molecular flexibility index (Phi) is 2.36. The first kappa shape index (κ1) is 10.3. The fraction of sp³-hybridized carbons (Fsp3) is 0.176. The van der Waals surface area contributed by atoms with Gasteiger partial charge in [0.05, 0.1) is 0 Å². The standard InChI is InChI=1S/C17H16/c1-3-7-13-8-6-11-16-15-10-5-4-9-14(15)12(2)17(13)16/h4-11H,3H2,1-2H3/b13-7-. The molecule has 0 unspecified atom stereocenters. The topological polar surface area (TPSA) is 0 Å². The molecule has 0 spiro atoms. The van der Waals surface area contributed by atoms with Crippen LogP contribution in [0, 0.1) is 0 Å². The molecular weight excluding hydrogens is 204 g/mol. The fourth-order valence-electron chi connectivity index (χ4n) is 2.78. The van der Waals surface area contributed by atoms with Gasteiger partial charge in [0.1, 0.15) is 0 Å². The van der Waals surface area contributed by atoms with Gasteiger partial charge in [0.25, 0.3) is 0 Å². The Morgan fingerprint density at radius 1 is 0.882 bits per heavy atom. The summed E-state index contributed by atoms with van der Waals surface area (Å²) in [5, 5.41) is 2.80. The Balaban J connectivity index is 2.48. The summed E-state index contributed by atoms with van der Waals surface area (Å²) in [6, 6.07) is 15.3. The van der Waals surface area contributed by atoms with E-state index in [1.807, 2.05) is 0 Å². The second-order valence-electron chi connectivity index (χ2n) is 4.55. The van der Waals surface area contributed by atoms with Crippen molar-refractivity contribution in [3.05, 3.63) is 58.5 Å². The first-order chi connectivity index (χ1) is 8.33. The second kappa shape index (κ2) is 3.89. The lowest BCUT2D eigenvalue weighted by molar-refractivity contribution is 1.28. The van der Waals surface area contributed by atoms with E-state index in [9.17, 15) is 0 Å². The van der Waals surface area contributed by atoms with E-state index in [0.29, 0.717) is 0 Å². The molecule has 0 heterocycles. The maximum absolute atomic E-state index is 2.31. The van der Waals surface area contributed by atoms with Crippen LogP contribution < -0.4 is 10.4 Å². The van der Waals surface area contributed by atoms with Crippen LogP contribution >= 0.6 is 0 Å². The number of benzene rings is 2. The molecule has 2 aromatic carbocycles. The van der Waals surface area contributed by atoms with E-state index in [1.165, 1.54) is 32.7 Å². The van der Waals surface area contributed by atoms with Crippen LogP contribution in [-0.4, -0.2) is 0 Å². The van der Waals surface area contributed by atoms with E-state index in [-0.39, 0.29) is 0 Å². The molecule has 0 aromatic heterocycles. The molecule has 0 saturated heterocycles. The van der Waals surface area contributed by atoms with Gasteiger partial charge in [0.15, 0.2) is 0 Å². The summed E-state index contributed by atoms with van der Waals surface area (Å²) < 4.78 is 0. The summed E-state index contributed by atoms with van der Waals surface area (Å²) >= 11 is 0. The van der Waals surface area contributed by atoms with Gasteiger partial charge in [0.2, 0.25) is 0 Å². The molecule has 17 heavy (non-hydrogen) atoms. The van der Waals surface area contributed by atoms with Crippen molar-refractivity contribution in [2.45, 2.75) is 20.3 Å². The molecule has 0 nitrogen and oxygen atoms in total. The van der Waals surface area contributed by atoms with Gasteiger partial charge < -0.3 is 0 Å².